The average molecular weight is 344 g/mol. The normalized spacial score (nSPS) is 12.8. The van der Waals surface area contributed by atoms with Gasteiger partial charge in [0.1, 0.15) is 23.9 Å². The molecule has 0 unspecified atom stereocenters. The van der Waals surface area contributed by atoms with Crippen LogP contribution in [0.1, 0.15) is 27.4 Å². The number of nitrogens with one attached hydrogen (secondary N) is 1. The van der Waals surface area contributed by atoms with E-state index in [0.29, 0.717) is 47.2 Å². The van der Waals surface area contributed by atoms with Crippen molar-refractivity contribution in [2.75, 3.05) is 20.3 Å². The molecule has 3 N–H and O–H groups in total. The summed E-state index contributed by atoms with van der Waals surface area (Å²) in [4.78, 5) is 33.5. The van der Waals surface area contributed by atoms with Crippen molar-refractivity contribution >= 4 is 5.91 Å². The van der Waals surface area contributed by atoms with Gasteiger partial charge in [-0.3, -0.25) is 9.59 Å². The molecule has 1 aliphatic heterocycles. The molecule has 2 heterocycles. The first kappa shape index (κ1) is 17.0. The minimum atomic E-state index is -0.232. The lowest BCUT2D eigenvalue weighted by Gasteiger charge is -2.18. The summed E-state index contributed by atoms with van der Waals surface area (Å²) < 4.78 is 10.8. The third-order valence-corrected chi connectivity index (χ3v) is 3.99. The maximum Gasteiger partial charge on any atom is 0.258 e. The number of ether oxygens (including phenoxy) is 2. The number of carbonyl (C=O) groups excluding carboxylic acids is 1. The van der Waals surface area contributed by atoms with Gasteiger partial charge in [-0.1, -0.05) is 0 Å². The Balaban J connectivity index is 1.89. The summed E-state index contributed by atoms with van der Waals surface area (Å²) in [5.74, 6) is 1.30. The number of nitrogens with zero attached hydrogens (tertiary/aromatic N) is 2. The van der Waals surface area contributed by atoms with Gasteiger partial charge in [0, 0.05) is 12.6 Å². The molecule has 0 saturated heterocycles. The number of hydrogen-bond donors (Lipinski definition) is 2. The molecule has 0 radical (unpaired) electrons. The predicted octanol–water partition coefficient (Wildman–Crippen LogP) is 0.580. The fourth-order valence-corrected chi connectivity index (χ4v) is 2.80. The molecule has 3 rings (SSSR count). The van der Waals surface area contributed by atoms with E-state index >= 15 is 0 Å². The molecule has 1 aromatic heterocycles. The molecule has 1 aromatic carbocycles. The number of rotatable bonds is 5. The third kappa shape index (κ3) is 3.34. The fourth-order valence-electron chi connectivity index (χ4n) is 2.80. The number of aromatic amines is 1. The lowest BCUT2D eigenvalue weighted by molar-refractivity contribution is 0.0745. The van der Waals surface area contributed by atoms with Crippen LogP contribution in [0.2, 0.25) is 0 Å². The first-order chi connectivity index (χ1) is 12.0. The van der Waals surface area contributed by atoms with Crippen LogP contribution in [-0.2, 0) is 13.1 Å². The topological polar surface area (TPSA) is 111 Å². The molecule has 8 nitrogen and oxygen atoms in total. The van der Waals surface area contributed by atoms with E-state index in [-0.39, 0.29) is 24.6 Å². The van der Waals surface area contributed by atoms with E-state index in [1.54, 1.807) is 37.1 Å². The highest BCUT2D eigenvalue weighted by Gasteiger charge is 2.29. The standard InChI is InChI=1S/C17H20N4O4/c1-10-19-14-9-21(8-13(14)16(22)20-10)17(23)12-4-3-11(24-2)7-15(12)25-6-5-18/h3-4,7H,5-6,8-9,18H2,1-2H3,(H,19,20,22). The molecule has 1 amide bonds. The van der Waals surface area contributed by atoms with Gasteiger partial charge in [0.15, 0.2) is 0 Å². The largest absolute Gasteiger partial charge is 0.497 e. The second-order valence-electron chi connectivity index (χ2n) is 5.74. The Labute approximate surface area is 144 Å². The van der Waals surface area contributed by atoms with E-state index in [1.165, 1.54) is 0 Å². The van der Waals surface area contributed by atoms with Crippen molar-refractivity contribution in [2.45, 2.75) is 20.0 Å². The smallest absolute Gasteiger partial charge is 0.258 e. The molecule has 2 aromatic rings. The Kier molecular flexibility index (Phi) is 4.71. The number of fused-ring (bicyclic) bond motifs is 1. The second-order valence-corrected chi connectivity index (χ2v) is 5.74. The first-order valence-electron chi connectivity index (χ1n) is 7.92. The Morgan fingerprint density at radius 3 is 2.92 bits per heavy atom. The minimum absolute atomic E-state index is 0.202. The van der Waals surface area contributed by atoms with E-state index in [0.717, 1.165) is 0 Å². The maximum absolute atomic E-state index is 12.9. The zero-order chi connectivity index (χ0) is 18.0. The van der Waals surface area contributed by atoms with Gasteiger partial charge in [-0.25, -0.2) is 4.98 Å². The molecule has 0 aliphatic carbocycles. The van der Waals surface area contributed by atoms with E-state index in [4.69, 9.17) is 15.2 Å². The third-order valence-electron chi connectivity index (χ3n) is 3.99. The number of hydrogen-bond acceptors (Lipinski definition) is 6. The molecule has 0 fully saturated rings. The first-order valence-corrected chi connectivity index (χ1v) is 7.92. The lowest BCUT2D eigenvalue weighted by atomic mass is 10.1. The van der Waals surface area contributed by atoms with Crippen molar-refractivity contribution in [1.29, 1.82) is 0 Å². The number of benzene rings is 1. The van der Waals surface area contributed by atoms with Crippen LogP contribution >= 0.6 is 0 Å². The quantitative estimate of drug-likeness (QED) is 0.821. The second kappa shape index (κ2) is 6.94. The number of nitrogens with two attached hydrogens (primary N) is 1. The highest BCUT2D eigenvalue weighted by Crippen LogP contribution is 2.28. The lowest BCUT2D eigenvalue weighted by Crippen LogP contribution is -2.27. The monoisotopic (exact) mass is 344 g/mol. The molecule has 0 spiro atoms. The van der Waals surface area contributed by atoms with Crippen LogP contribution in [0, 0.1) is 6.92 Å². The molecule has 0 saturated carbocycles. The highest BCUT2D eigenvalue weighted by atomic mass is 16.5. The average Bonchev–Trinajstić information content (AvgIpc) is 3.03. The van der Waals surface area contributed by atoms with Crippen LogP contribution in [0.15, 0.2) is 23.0 Å². The van der Waals surface area contributed by atoms with Crippen molar-refractivity contribution in [3.8, 4) is 11.5 Å². The number of aromatic nitrogens is 2. The van der Waals surface area contributed by atoms with Gasteiger partial charge >= 0.3 is 0 Å². The summed E-state index contributed by atoms with van der Waals surface area (Å²) in [5, 5.41) is 0. The molecular formula is C17H20N4O4. The van der Waals surface area contributed by atoms with Gasteiger partial charge in [-0.2, -0.15) is 0 Å². The zero-order valence-electron chi connectivity index (χ0n) is 14.2. The summed E-state index contributed by atoms with van der Waals surface area (Å²) in [6.07, 6.45) is 0. The summed E-state index contributed by atoms with van der Waals surface area (Å²) >= 11 is 0. The van der Waals surface area contributed by atoms with E-state index in [9.17, 15) is 9.59 Å². The molecule has 1 aliphatic rings. The van der Waals surface area contributed by atoms with Crippen molar-refractivity contribution in [2.24, 2.45) is 5.73 Å². The van der Waals surface area contributed by atoms with Gasteiger partial charge in [0.05, 0.1) is 37.0 Å². The van der Waals surface area contributed by atoms with Crippen molar-refractivity contribution in [3.63, 3.8) is 0 Å². The van der Waals surface area contributed by atoms with E-state index in [1.807, 2.05) is 0 Å². The summed E-state index contributed by atoms with van der Waals surface area (Å²) in [6, 6.07) is 5.00. The SMILES string of the molecule is COc1ccc(C(=O)N2Cc3nc(C)[nH]c(=O)c3C2)c(OCCN)c1. The Morgan fingerprint density at radius 1 is 1.40 bits per heavy atom. The van der Waals surface area contributed by atoms with Gasteiger partial charge in [0.2, 0.25) is 0 Å². The van der Waals surface area contributed by atoms with Crippen molar-refractivity contribution in [1.82, 2.24) is 14.9 Å². The van der Waals surface area contributed by atoms with Crippen molar-refractivity contribution in [3.05, 3.63) is 51.2 Å². The zero-order valence-corrected chi connectivity index (χ0v) is 14.2. The molecule has 8 heteroatoms. The van der Waals surface area contributed by atoms with E-state index in [2.05, 4.69) is 9.97 Å². The number of amides is 1. The molecule has 0 atom stereocenters. The van der Waals surface area contributed by atoms with Crippen LogP contribution in [0.4, 0.5) is 0 Å². The number of methoxy groups -OCH3 is 1. The Morgan fingerprint density at radius 2 is 2.20 bits per heavy atom. The molecular weight excluding hydrogens is 324 g/mol. The summed E-state index contributed by atoms with van der Waals surface area (Å²) in [5.41, 5.74) is 6.84. The summed E-state index contributed by atoms with van der Waals surface area (Å²) in [7, 11) is 1.54. The number of carbonyl (C=O) groups is 1. The highest BCUT2D eigenvalue weighted by molar-refractivity contribution is 5.97. The molecule has 0 bridgehead atoms. The fraction of sp³-hybridized carbons (Fsp3) is 0.353. The maximum atomic E-state index is 12.9. The van der Waals surface area contributed by atoms with Crippen LogP contribution in [0.3, 0.4) is 0 Å². The van der Waals surface area contributed by atoms with Gasteiger partial charge in [0.25, 0.3) is 11.5 Å². The van der Waals surface area contributed by atoms with Crippen LogP contribution < -0.4 is 20.8 Å². The van der Waals surface area contributed by atoms with Gasteiger partial charge < -0.3 is 25.1 Å². The predicted molar refractivity (Wildman–Crippen MR) is 90.7 cm³/mol. The minimum Gasteiger partial charge on any atom is -0.497 e. The number of H-pyrrole nitrogens is 1. The number of aryl methyl sites for hydroxylation is 1. The Bertz CT molecular complexity index is 862. The molecule has 25 heavy (non-hydrogen) atoms. The molecule has 132 valence electrons. The Hall–Kier alpha value is -2.87. The summed E-state index contributed by atoms with van der Waals surface area (Å²) in [6.45, 7) is 2.85. The van der Waals surface area contributed by atoms with Crippen LogP contribution in [0.5, 0.6) is 11.5 Å². The van der Waals surface area contributed by atoms with Crippen LogP contribution in [-0.4, -0.2) is 41.0 Å². The van der Waals surface area contributed by atoms with Gasteiger partial charge in [-0.05, 0) is 19.1 Å². The van der Waals surface area contributed by atoms with Crippen LogP contribution in [0.25, 0.3) is 0 Å². The van der Waals surface area contributed by atoms with Gasteiger partial charge in [-0.15, -0.1) is 0 Å². The van der Waals surface area contributed by atoms with Crippen molar-refractivity contribution < 1.29 is 14.3 Å². The van der Waals surface area contributed by atoms with E-state index < -0.39 is 0 Å².